The topological polar surface area (TPSA) is 66.0 Å². The smallest absolute Gasteiger partial charge is 0.162 e. The maximum Gasteiger partial charge on any atom is 0.162 e. The van der Waals surface area contributed by atoms with E-state index in [2.05, 4.69) is 5.32 Å². The molecule has 0 radical (unpaired) electrons. The standard InChI is InChI=1S/C23H25NO5/c1-26-18-5-4-16(21(13-18)27-2)10-17(25)12-20-19-14-23-22(28-8-3-9-29-23)11-15(19)6-7-24-20/h4-5,11-14,24H,3,6-10H2,1-2H3/b20-12-. The molecule has 6 heteroatoms. The van der Waals surface area contributed by atoms with E-state index in [0.717, 1.165) is 53.3 Å². The molecule has 4 rings (SSSR count). The van der Waals surface area contributed by atoms with E-state index >= 15 is 0 Å². The maximum atomic E-state index is 12.8. The number of nitrogens with one attached hydrogen (secondary N) is 1. The molecule has 0 aliphatic carbocycles. The molecule has 0 bridgehead atoms. The lowest BCUT2D eigenvalue weighted by Crippen LogP contribution is -2.23. The van der Waals surface area contributed by atoms with Crippen molar-refractivity contribution in [3.8, 4) is 23.0 Å². The molecule has 0 atom stereocenters. The number of fused-ring (bicyclic) bond motifs is 2. The minimum absolute atomic E-state index is 0.00377. The van der Waals surface area contributed by atoms with E-state index in [0.29, 0.717) is 24.7 Å². The zero-order chi connectivity index (χ0) is 20.2. The molecule has 0 saturated carbocycles. The average molecular weight is 395 g/mol. The number of methoxy groups -OCH3 is 2. The van der Waals surface area contributed by atoms with E-state index in [4.69, 9.17) is 18.9 Å². The molecule has 2 aromatic rings. The van der Waals surface area contributed by atoms with Gasteiger partial charge in [-0.1, -0.05) is 6.07 Å². The maximum absolute atomic E-state index is 12.8. The van der Waals surface area contributed by atoms with E-state index in [1.165, 1.54) is 0 Å². The molecule has 2 aromatic carbocycles. The molecule has 29 heavy (non-hydrogen) atoms. The highest BCUT2D eigenvalue weighted by atomic mass is 16.5. The van der Waals surface area contributed by atoms with Crippen molar-refractivity contribution in [1.82, 2.24) is 5.32 Å². The second-order valence-electron chi connectivity index (χ2n) is 7.06. The van der Waals surface area contributed by atoms with Gasteiger partial charge in [0.1, 0.15) is 11.5 Å². The van der Waals surface area contributed by atoms with Gasteiger partial charge >= 0.3 is 0 Å². The summed E-state index contributed by atoms with van der Waals surface area (Å²) in [6, 6.07) is 9.51. The Labute approximate surface area is 170 Å². The first-order valence-electron chi connectivity index (χ1n) is 9.80. The van der Waals surface area contributed by atoms with Crippen molar-refractivity contribution in [2.24, 2.45) is 0 Å². The lowest BCUT2D eigenvalue weighted by molar-refractivity contribution is -0.114. The molecule has 0 unspecified atom stereocenters. The lowest BCUT2D eigenvalue weighted by atomic mass is 9.95. The fourth-order valence-electron chi connectivity index (χ4n) is 3.66. The minimum atomic E-state index is -0.00377. The number of ether oxygens (including phenoxy) is 4. The van der Waals surface area contributed by atoms with Crippen molar-refractivity contribution in [3.05, 3.63) is 53.1 Å². The minimum Gasteiger partial charge on any atom is -0.497 e. The van der Waals surface area contributed by atoms with Gasteiger partial charge in [0, 0.05) is 48.4 Å². The van der Waals surface area contributed by atoms with Crippen molar-refractivity contribution in [1.29, 1.82) is 0 Å². The van der Waals surface area contributed by atoms with Crippen LogP contribution in [-0.4, -0.2) is 39.8 Å². The number of hydrogen-bond acceptors (Lipinski definition) is 6. The molecule has 6 nitrogen and oxygen atoms in total. The zero-order valence-electron chi connectivity index (χ0n) is 16.7. The van der Waals surface area contributed by atoms with Gasteiger partial charge in [0.05, 0.1) is 27.4 Å². The number of ketones is 1. The van der Waals surface area contributed by atoms with Crippen molar-refractivity contribution in [2.45, 2.75) is 19.3 Å². The molecule has 0 fully saturated rings. The highest BCUT2D eigenvalue weighted by Gasteiger charge is 2.21. The summed E-state index contributed by atoms with van der Waals surface area (Å²) in [6.07, 6.45) is 3.66. The Kier molecular flexibility index (Phi) is 5.60. The van der Waals surface area contributed by atoms with Crippen LogP contribution in [0.15, 0.2) is 36.4 Å². The Balaban J connectivity index is 1.60. The van der Waals surface area contributed by atoms with Gasteiger partial charge < -0.3 is 24.3 Å². The van der Waals surface area contributed by atoms with Crippen LogP contribution in [0.2, 0.25) is 0 Å². The quantitative estimate of drug-likeness (QED) is 0.785. The van der Waals surface area contributed by atoms with E-state index < -0.39 is 0 Å². The lowest BCUT2D eigenvalue weighted by Gasteiger charge is -2.23. The molecular formula is C23H25NO5. The predicted molar refractivity (Wildman–Crippen MR) is 110 cm³/mol. The predicted octanol–water partition coefficient (Wildman–Crippen LogP) is 3.16. The molecule has 0 amide bonds. The Morgan fingerprint density at radius 3 is 2.66 bits per heavy atom. The first kappa shape index (κ1) is 19.2. The SMILES string of the molecule is COc1ccc(CC(=O)/C=C2\NCCc3cc4c(cc32)OCCCO4)c(OC)c1. The second kappa shape index (κ2) is 8.47. The van der Waals surface area contributed by atoms with Crippen LogP contribution < -0.4 is 24.3 Å². The summed E-state index contributed by atoms with van der Waals surface area (Å²) in [5.41, 5.74) is 3.80. The largest absolute Gasteiger partial charge is 0.497 e. The number of rotatable bonds is 5. The summed E-state index contributed by atoms with van der Waals surface area (Å²) in [5.74, 6) is 2.86. The summed E-state index contributed by atoms with van der Waals surface area (Å²) < 4.78 is 22.3. The first-order chi connectivity index (χ1) is 14.2. The summed E-state index contributed by atoms with van der Waals surface area (Å²) in [7, 11) is 3.19. The monoisotopic (exact) mass is 395 g/mol. The van der Waals surface area contributed by atoms with Crippen LogP contribution in [0, 0.1) is 0 Å². The first-order valence-corrected chi connectivity index (χ1v) is 9.80. The highest BCUT2D eigenvalue weighted by molar-refractivity contribution is 5.98. The summed E-state index contributed by atoms with van der Waals surface area (Å²) in [5, 5.41) is 3.35. The molecule has 0 saturated heterocycles. The van der Waals surface area contributed by atoms with Crippen LogP contribution in [0.25, 0.3) is 5.70 Å². The van der Waals surface area contributed by atoms with Crippen LogP contribution in [0.1, 0.15) is 23.1 Å². The van der Waals surface area contributed by atoms with E-state index in [1.807, 2.05) is 24.3 Å². The van der Waals surface area contributed by atoms with Crippen molar-refractivity contribution < 1.29 is 23.7 Å². The van der Waals surface area contributed by atoms with Gasteiger partial charge in [-0.2, -0.15) is 0 Å². The van der Waals surface area contributed by atoms with Crippen LogP contribution in [-0.2, 0) is 17.6 Å². The third kappa shape index (κ3) is 4.16. The third-order valence-electron chi connectivity index (χ3n) is 5.14. The van der Waals surface area contributed by atoms with E-state index in [9.17, 15) is 4.79 Å². The van der Waals surface area contributed by atoms with Gasteiger partial charge in [-0.3, -0.25) is 4.79 Å². The molecule has 2 aliphatic heterocycles. The van der Waals surface area contributed by atoms with Gasteiger partial charge in [-0.15, -0.1) is 0 Å². The van der Waals surface area contributed by atoms with Gasteiger partial charge in [-0.05, 0) is 30.2 Å². The molecule has 1 N–H and O–H groups in total. The number of carbonyl (C=O) groups is 1. The summed E-state index contributed by atoms with van der Waals surface area (Å²) in [6.45, 7) is 2.07. The molecule has 2 aliphatic rings. The number of allylic oxidation sites excluding steroid dienone is 1. The van der Waals surface area contributed by atoms with E-state index in [-0.39, 0.29) is 12.2 Å². The third-order valence-corrected chi connectivity index (χ3v) is 5.14. The molecule has 2 heterocycles. The Morgan fingerprint density at radius 1 is 1.10 bits per heavy atom. The van der Waals surface area contributed by atoms with Crippen LogP contribution >= 0.6 is 0 Å². The van der Waals surface area contributed by atoms with Gasteiger partial charge in [-0.25, -0.2) is 0 Å². The Bertz CT molecular complexity index is 951. The number of hydrogen-bond donors (Lipinski definition) is 1. The highest BCUT2D eigenvalue weighted by Crippen LogP contribution is 2.36. The van der Waals surface area contributed by atoms with Gasteiger partial charge in [0.2, 0.25) is 0 Å². The molecule has 0 spiro atoms. The molecular weight excluding hydrogens is 370 g/mol. The van der Waals surface area contributed by atoms with Crippen LogP contribution in [0.5, 0.6) is 23.0 Å². The Hall–Kier alpha value is -3.15. The number of benzene rings is 2. The van der Waals surface area contributed by atoms with Gasteiger partial charge in [0.25, 0.3) is 0 Å². The second-order valence-corrected chi connectivity index (χ2v) is 7.06. The van der Waals surface area contributed by atoms with Gasteiger partial charge in [0.15, 0.2) is 17.3 Å². The average Bonchev–Trinajstić information content (AvgIpc) is 2.97. The summed E-state index contributed by atoms with van der Waals surface area (Å²) in [4.78, 5) is 12.8. The summed E-state index contributed by atoms with van der Waals surface area (Å²) >= 11 is 0. The fourth-order valence-corrected chi connectivity index (χ4v) is 3.66. The van der Waals surface area contributed by atoms with Crippen molar-refractivity contribution >= 4 is 11.5 Å². The molecule has 0 aromatic heterocycles. The van der Waals surface area contributed by atoms with Crippen LogP contribution in [0.4, 0.5) is 0 Å². The fraction of sp³-hybridized carbons (Fsp3) is 0.348. The van der Waals surface area contributed by atoms with E-state index in [1.54, 1.807) is 26.4 Å². The molecule has 152 valence electrons. The zero-order valence-corrected chi connectivity index (χ0v) is 16.7. The Morgan fingerprint density at radius 2 is 1.90 bits per heavy atom. The number of carbonyl (C=O) groups excluding carboxylic acids is 1. The normalized spacial score (nSPS) is 16.4. The van der Waals surface area contributed by atoms with Crippen molar-refractivity contribution in [2.75, 3.05) is 34.0 Å². The van der Waals surface area contributed by atoms with Crippen molar-refractivity contribution in [3.63, 3.8) is 0 Å². The van der Waals surface area contributed by atoms with Crippen LogP contribution in [0.3, 0.4) is 0 Å².